The van der Waals surface area contributed by atoms with E-state index in [4.69, 9.17) is 5.11 Å². The van der Waals surface area contributed by atoms with Gasteiger partial charge in [0.1, 0.15) is 0 Å². The molecule has 0 fully saturated rings. The molecule has 6 heteroatoms. The minimum Gasteiger partial charge on any atom is -0.481 e. The van der Waals surface area contributed by atoms with E-state index in [2.05, 4.69) is 21.2 Å². The molecule has 104 valence electrons. The zero-order valence-electron chi connectivity index (χ0n) is 10.8. The predicted octanol–water partition coefficient (Wildman–Crippen LogP) is 3.28. The minimum atomic E-state index is -0.860. The fraction of sp³-hybridized carbons (Fsp3) is 0.385. The van der Waals surface area contributed by atoms with Crippen molar-refractivity contribution in [3.8, 4) is 0 Å². The van der Waals surface area contributed by atoms with Crippen molar-refractivity contribution in [3.05, 3.63) is 26.9 Å². The lowest BCUT2D eigenvalue weighted by Gasteiger charge is -2.24. The third-order valence-electron chi connectivity index (χ3n) is 2.42. The summed E-state index contributed by atoms with van der Waals surface area (Å²) >= 11 is 4.88. The molecule has 1 aromatic rings. The van der Waals surface area contributed by atoms with Crippen molar-refractivity contribution < 1.29 is 14.7 Å². The summed E-state index contributed by atoms with van der Waals surface area (Å²) in [5.74, 6) is -1.08. The van der Waals surface area contributed by atoms with Crippen molar-refractivity contribution in [1.29, 1.82) is 0 Å². The number of halogens is 1. The molecule has 0 atom stereocenters. The first-order valence-corrected chi connectivity index (χ1v) is 7.37. The van der Waals surface area contributed by atoms with Crippen LogP contribution in [0.3, 0.4) is 0 Å². The summed E-state index contributed by atoms with van der Waals surface area (Å²) in [6.45, 7) is 3.62. The monoisotopic (exact) mass is 345 g/mol. The normalized spacial score (nSPS) is 11.7. The molecule has 0 aliphatic carbocycles. The van der Waals surface area contributed by atoms with Gasteiger partial charge in [0.2, 0.25) is 5.91 Å². The highest BCUT2D eigenvalue weighted by Crippen LogP contribution is 2.23. The molecule has 1 aromatic heterocycles. The molecular weight excluding hydrogens is 330 g/mol. The maximum atomic E-state index is 11.7. The largest absolute Gasteiger partial charge is 0.481 e. The van der Waals surface area contributed by atoms with E-state index >= 15 is 0 Å². The van der Waals surface area contributed by atoms with Crippen LogP contribution in [0.15, 0.2) is 22.0 Å². The molecule has 1 rings (SSSR count). The molecule has 4 nitrogen and oxygen atoms in total. The Balaban J connectivity index is 2.50. The molecular formula is C13H16BrNO3S. The van der Waals surface area contributed by atoms with Crippen LogP contribution in [-0.4, -0.2) is 22.5 Å². The van der Waals surface area contributed by atoms with Crippen LogP contribution in [0.5, 0.6) is 0 Å². The second-order valence-electron chi connectivity index (χ2n) is 4.74. The molecule has 1 amide bonds. The third kappa shape index (κ3) is 6.54. The second-order valence-corrected chi connectivity index (χ2v) is 7.24. The van der Waals surface area contributed by atoms with Crippen LogP contribution in [0.2, 0.25) is 0 Å². The lowest BCUT2D eigenvalue weighted by molar-refractivity contribution is -0.137. The molecule has 19 heavy (non-hydrogen) atoms. The van der Waals surface area contributed by atoms with Crippen LogP contribution in [0.25, 0.3) is 6.08 Å². The van der Waals surface area contributed by atoms with E-state index in [1.165, 1.54) is 17.4 Å². The van der Waals surface area contributed by atoms with E-state index in [1.54, 1.807) is 6.08 Å². The van der Waals surface area contributed by atoms with Crippen molar-refractivity contribution in [1.82, 2.24) is 5.32 Å². The molecule has 0 radical (unpaired) electrons. The maximum absolute atomic E-state index is 11.7. The summed E-state index contributed by atoms with van der Waals surface area (Å²) in [5.41, 5.74) is -0.532. The van der Waals surface area contributed by atoms with Crippen molar-refractivity contribution >= 4 is 45.2 Å². The fourth-order valence-electron chi connectivity index (χ4n) is 1.43. The summed E-state index contributed by atoms with van der Waals surface area (Å²) < 4.78 is 1.01. The first kappa shape index (κ1) is 15.9. The summed E-state index contributed by atoms with van der Waals surface area (Å²) in [6, 6.07) is 3.83. The molecule has 2 N–H and O–H groups in total. The molecule has 0 unspecified atom stereocenters. The van der Waals surface area contributed by atoms with Gasteiger partial charge in [-0.05, 0) is 54.4 Å². The second kappa shape index (κ2) is 6.86. The van der Waals surface area contributed by atoms with Crippen LogP contribution >= 0.6 is 27.3 Å². The number of carboxylic acid groups (broad SMARTS) is 1. The molecule has 0 aromatic carbocycles. The summed E-state index contributed by atoms with van der Waals surface area (Å²) in [6.07, 6.45) is 3.63. The van der Waals surface area contributed by atoms with Gasteiger partial charge in [-0.1, -0.05) is 0 Å². The number of hydrogen-bond donors (Lipinski definition) is 2. The Hall–Kier alpha value is -1.14. The number of hydrogen-bond acceptors (Lipinski definition) is 3. The van der Waals surface area contributed by atoms with Crippen LogP contribution in [0.4, 0.5) is 0 Å². The standard InChI is InChI=1S/C13H16BrNO3S/c1-13(2,8-7-12(17)18)15-11(16)6-4-9-3-5-10(14)19-9/h3-6H,7-8H2,1-2H3,(H,15,16)(H,17,18). The molecule has 0 bridgehead atoms. The lowest BCUT2D eigenvalue weighted by atomic mass is 9.98. The van der Waals surface area contributed by atoms with Gasteiger partial charge in [-0.15, -0.1) is 11.3 Å². The van der Waals surface area contributed by atoms with E-state index in [0.29, 0.717) is 6.42 Å². The molecule has 0 spiro atoms. The van der Waals surface area contributed by atoms with Crippen molar-refractivity contribution in [2.24, 2.45) is 0 Å². The van der Waals surface area contributed by atoms with E-state index in [1.807, 2.05) is 26.0 Å². The number of amides is 1. The zero-order chi connectivity index (χ0) is 14.5. The van der Waals surface area contributed by atoms with Gasteiger partial charge in [0.05, 0.1) is 3.79 Å². The molecule has 0 saturated carbocycles. The van der Waals surface area contributed by atoms with E-state index in [-0.39, 0.29) is 12.3 Å². The Labute approximate surface area is 124 Å². The number of aliphatic carboxylic acids is 1. The number of thiophene rings is 1. The summed E-state index contributed by atoms with van der Waals surface area (Å²) in [4.78, 5) is 23.2. The van der Waals surface area contributed by atoms with Gasteiger partial charge in [0.15, 0.2) is 0 Å². The van der Waals surface area contributed by atoms with Crippen LogP contribution in [-0.2, 0) is 9.59 Å². The van der Waals surface area contributed by atoms with E-state index in [0.717, 1.165) is 8.66 Å². The van der Waals surface area contributed by atoms with Gasteiger partial charge in [-0.3, -0.25) is 9.59 Å². The van der Waals surface area contributed by atoms with Crippen molar-refractivity contribution in [2.75, 3.05) is 0 Å². The van der Waals surface area contributed by atoms with Gasteiger partial charge in [-0.2, -0.15) is 0 Å². The highest BCUT2D eigenvalue weighted by Gasteiger charge is 2.20. The maximum Gasteiger partial charge on any atom is 0.303 e. The van der Waals surface area contributed by atoms with Gasteiger partial charge < -0.3 is 10.4 Å². The number of carbonyl (C=O) groups is 2. The third-order valence-corrected chi connectivity index (χ3v) is 4.01. The Bertz CT molecular complexity index is 494. The molecule has 0 saturated heterocycles. The first-order valence-electron chi connectivity index (χ1n) is 5.76. The SMILES string of the molecule is CC(C)(CCC(=O)O)NC(=O)C=Cc1ccc(Br)s1. The lowest BCUT2D eigenvalue weighted by Crippen LogP contribution is -2.42. The van der Waals surface area contributed by atoms with Crippen LogP contribution < -0.4 is 5.32 Å². The topological polar surface area (TPSA) is 66.4 Å². The highest BCUT2D eigenvalue weighted by atomic mass is 79.9. The summed E-state index contributed by atoms with van der Waals surface area (Å²) in [5, 5.41) is 11.4. The Morgan fingerprint density at radius 3 is 2.68 bits per heavy atom. The van der Waals surface area contributed by atoms with Crippen molar-refractivity contribution in [2.45, 2.75) is 32.2 Å². The molecule has 0 aliphatic heterocycles. The first-order chi connectivity index (χ1) is 8.78. The van der Waals surface area contributed by atoms with Crippen LogP contribution in [0, 0.1) is 0 Å². The van der Waals surface area contributed by atoms with E-state index in [9.17, 15) is 9.59 Å². The predicted molar refractivity (Wildman–Crippen MR) is 80.1 cm³/mol. The van der Waals surface area contributed by atoms with E-state index < -0.39 is 11.5 Å². The number of carbonyl (C=O) groups excluding carboxylic acids is 1. The number of carboxylic acids is 1. The Morgan fingerprint density at radius 1 is 1.47 bits per heavy atom. The number of rotatable bonds is 6. The Morgan fingerprint density at radius 2 is 2.16 bits per heavy atom. The van der Waals surface area contributed by atoms with Crippen LogP contribution in [0.1, 0.15) is 31.6 Å². The number of nitrogens with one attached hydrogen (secondary N) is 1. The Kier molecular flexibility index (Phi) is 5.75. The average molecular weight is 346 g/mol. The fourth-order valence-corrected chi connectivity index (χ4v) is 2.76. The van der Waals surface area contributed by atoms with Gasteiger partial charge in [0.25, 0.3) is 0 Å². The highest BCUT2D eigenvalue weighted by molar-refractivity contribution is 9.11. The average Bonchev–Trinajstić information content (AvgIpc) is 2.69. The minimum absolute atomic E-state index is 0.0366. The van der Waals surface area contributed by atoms with Gasteiger partial charge >= 0.3 is 5.97 Å². The molecule has 0 aliphatic rings. The van der Waals surface area contributed by atoms with Crippen molar-refractivity contribution in [3.63, 3.8) is 0 Å². The zero-order valence-corrected chi connectivity index (χ0v) is 13.2. The summed E-state index contributed by atoms with van der Waals surface area (Å²) in [7, 11) is 0. The quantitative estimate of drug-likeness (QED) is 0.777. The van der Waals surface area contributed by atoms with Gasteiger partial charge in [0, 0.05) is 22.9 Å². The smallest absolute Gasteiger partial charge is 0.303 e. The molecule has 1 heterocycles. The van der Waals surface area contributed by atoms with Gasteiger partial charge in [-0.25, -0.2) is 0 Å².